The summed E-state index contributed by atoms with van der Waals surface area (Å²) in [7, 11) is 1.60. The summed E-state index contributed by atoms with van der Waals surface area (Å²) in [5.41, 5.74) is 3.18. The molecule has 0 fully saturated rings. The van der Waals surface area contributed by atoms with Crippen LogP contribution in [0.4, 0.5) is 5.69 Å². The highest BCUT2D eigenvalue weighted by Crippen LogP contribution is 2.36. The lowest BCUT2D eigenvalue weighted by molar-refractivity contribution is 0.294. The smallest absolute Gasteiger partial charge is 0.323 e. The topological polar surface area (TPSA) is 79.1 Å². The number of halogens is 1. The zero-order valence-corrected chi connectivity index (χ0v) is 14.9. The zero-order chi connectivity index (χ0) is 17.8. The second kappa shape index (κ2) is 7.53. The van der Waals surface area contributed by atoms with Gasteiger partial charge in [0.1, 0.15) is 0 Å². The molecule has 0 saturated heterocycles. The average molecular weight is 362 g/mol. The van der Waals surface area contributed by atoms with Gasteiger partial charge in [-0.3, -0.25) is 0 Å². The Kier molecular flexibility index (Phi) is 5.19. The maximum Gasteiger partial charge on any atom is 0.323 e. The van der Waals surface area contributed by atoms with Crippen LogP contribution in [-0.4, -0.2) is 23.7 Å². The van der Waals surface area contributed by atoms with Crippen molar-refractivity contribution in [1.82, 2.24) is 9.97 Å². The van der Waals surface area contributed by atoms with Crippen molar-refractivity contribution in [3.8, 4) is 11.5 Å². The Morgan fingerprint density at radius 2 is 1.96 bits per heavy atom. The van der Waals surface area contributed by atoms with E-state index in [0.717, 1.165) is 28.7 Å². The van der Waals surface area contributed by atoms with Gasteiger partial charge < -0.3 is 24.8 Å². The third-order valence-electron chi connectivity index (χ3n) is 3.75. The highest BCUT2D eigenvalue weighted by atomic mass is 35.5. The molecule has 0 aliphatic heterocycles. The van der Waals surface area contributed by atoms with E-state index in [-0.39, 0.29) is 5.69 Å². The second-order valence-electron chi connectivity index (χ2n) is 5.65. The number of methoxy groups -OCH3 is 1. The van der Waals surface area contributed by atoms with Crippen molar-refractivity contribution in [2.45, 2.75) is 19.9 Å². The molecule has 2 aromatic carbocycles. The van der Waals surface area contributed by atoms with E-state index in [1.54, 1.807) is 7.11 Å². The standard InChI is InChI=1S/C18H20ClN3O3/c1-3-6-25-17-13(19)7-11(8-16(17)24-2)10-20-12-4-5-14-15(9-12)22-18(23)21-14/h4-5,7-9,20H,3,6,10H2,1-2H3,(H2,21,22,23). The Hall–Kier alpha value is -2.60. The van der Waals surface area contributed by atoms with E-state index in [4.69, 9.17) is 21.1 Å². The Morgan fingerprint density at radius 3 is 2.72 bits per heavy atom. The summed E-state index contributed by atoms with van der Waals surface area (Å²) >= 11 is 6.34. The number of rotatable bonds is 7. The number of anilines is 1. The zero-order valence-electron chi connectivity index (χ0n) is 14.1. The lowest BCUT2D eigenvalue weighted by Gasteiger charge is -2.14. The summed E-state index contributed by atoms with van der Waals surface area (Å²) in [6.07, 6.45) is 0.895. The summed E-state index contributed by atoms with van der Waals surface area (Å²) in [5.74, 6) is 1.18. The van der Waals surface area contributed by atoms with E-state index in [2.05, 4.69) is 15.3 Å². The molecule has 0 spiro atoms. The third kappa shape index (κ3) is 3.91. The molecule has 3 rings (SSSR count). The molecule has 0 saturated carbocycles. The summed E-state index contributed by atoms with van der Waals surface area (Å²) in [6.45, 7) is 3.18. The molecule has 0 amide bonds. The van der Waals surface area contributed by atoms with E-state index in [1.165, 1.54) is 0 Å². The molecule has 0 atom stereocenters. The van der Waals surface area contributed by atoms with Gasteiger partial charge in [0.05, 0.1) is 29.8 Å². The first-order valence-corrected chi connectivity index (χ1v) is 8.43. The van der Waals surface area contributed by atoms with Crippen molar-refractivity contribution in [2.24, 2.45) is 0 Å². The van der Waals surface area contributed by atoms with Crippen molar-refractivity contribution >= 4 is 28.3 Å². The molecule has 0 unspecified atom stereocenters. The fourth-order valence-electron chi connectivity index (χ4n) is 2.57. The van der Waals surface area contributed by atoms with Gasteiger partial charge >= 0.3 is 5.69 Å². The lowest BCUT2D eigenvalue weighted by Crippen LogP contribution is -2.03. The van der Waals surface area contributed by atoms with Crippen molar-refractivity contribution in [3.05, 3.63) is 51.4 Å². The number of aromatic amines is 2. The van der Waals surface area contributed by atoms with E-state index in [1.807, 2.05) is 37.3 Å². The molecule has 1 heterocycles. The first kappa shape index (κ1) is 17.2. The van der Waals surface area contributed by atoms with Crippen molar-refractivity contribution < 1.29 is 9.47 Å². The molecule has 0 bridgehead atoms. The van der Waals surface area contributed by atoms with Gasteiger partial charge in [-0.05, 0) is 42.3 Å². The minimum atomic E-state index is -0.216. The maximum atomic E-state index is 11.3. The molecule has 0 radical (unpaired) electrons. The summed E-state index contributed by atoms with van der Waals surface area (Å²) in [6, 6.07) is 9.40. The van der Waals surface area contributed by atoms with Crippen LogP contribution >= 0.6 is 11.6 Å². The van der Waals surface area contributed by atoms with Crippen LogP contribution in [0.3, 0.4) is 0 Å². The van der Waals surface area contributed by atoms with Gasteiger partial charge in [-0.25, -0.2) is 4.79 Å². The first-order valence-electron chi connectivity index (χ1n) is 8.06. The highest BCUT2D eigenvalue weighted by Gasteiger charge is 2.12. The number of hydrogen-bond donors (Lipinski definition) is 3. The van der Waals surface area contributed by atoms with Crippen molar-refractivity contribution in [3.63, 3.8) is 0 Å². The van der Waals surface area contributed by atoms with Crippen LogP contribution in [0.15, 0.2) is 35.1 Å². The minimum Gasteiger partial charge on any atom is -0.493 e. The minimum absolute atomic E-state index is 0.216. The molecule has 1 aromatic heterocycles. The van der Waals surface area contributed by atoms with Crippen LogP contribution in [0, 0.1) is 0 Å². The van der Waals surface area contributed by atoms with Gasteiger partial charge in [0.2, 0.25) is 0 Å². The molecular weight excluding hydrogens is 342 g/mol. The van der Waals surface area contributed by atoms with Crippen molar-refractivity contribution in [1.29, 1.82) is 0 Å². The predicted molar refractivity (Wildman–Crippen MR) is 100 cm³/mol. The van der Waals surface area contributed by atoms with Crippen LogP contribution in [0.1, 0.15) is 18.9 Å². The monoisotopic (exact) mass is 361 g/mol. The predicted octanol–water partition coefficient (Wildman–Crippen LogP) is 3.92. The van der Waals surface area contributed by atoms with E-state index < -0.39 is 0 Å². The molecule has 0 aliphatic rings. The van der Waals surface area contributed by atoms with Gasteiger partial charge in [-0.2, -0.15) is 0 Å². The van der Waals surface area contributed by atoms with Crippen LogP contribution in [0.2, 0.25) is 5.02 Å². The number of benzene rings is 2. The molecule has 6 nitrogen and oxygen atoms in total. The molecule has 25 heavy (non-hydrogen) atoms. The molecule has 3 aromatic rings. The van der Waals surface area contributed by atoms with Crippen molar-refractivity contribution in [2.75, 3.05) is 19.0 Å². The summed E-state index contributed by atoms with van der Waals surface area (Å²) in [5, 5.41) is 3.84. The van der Waals surface area contributed by atoms with Crippen LogP contribution in [0.25, 0.3) is 11.0 Å². The normalized spacial score (nSPS) is 10.8. The number of hydrogen-bond acceptors (Lipinski definition) is 4. The second-order valence-corrected chi connectivity index (χ2v) is 6.06. The van der Waals surface area contributed by atoms with E-state index in [0.29, 0.717) is 29.7 Å². The number of aromatic nitrogens is 2. The van der Waals surface area contributed by atoms with Gasteiger partial charge in [0.25, 0.3) is 0 Å². The third-order valence-corrected chi connectivity index (χ3v) is 4.03. The van der Waals surface area contributed by atoms with Gasteiger partial charge in [0.15, 0.2) is 11.5 Å². The fourth-order valence-corrected chi connectivity index (χ4v) is 2.85. The first-order chi connectivity index (χ1) is 12.1. The molecule has 0 aliphatic carbocycles. The van der Waals surface area contributed by atoms with Gasteiger partial charge in [0, 0.05) is 12.2 Å². The quantitative estimate of drug-likeness (QED) is 0.596. The summed E-state index contributed by atoms with van der Waals surface area (Å²) < 4.78 is 11.1. The fraction of sp³-hybridized carbons (Fsp3) is 0.278. The summed E-state index contributed by atoms with van der Waals surface area (Å²) in [4.78, 5) is 16.8. The molecular formula is C18H20ClN3O3. The number of ether oxygens (including phenoxy) is 2. The van der Waals surface area contributed by atoms with E-state index >= 15 is 0 Å². The average Bonchev–Trinajstić information content (AvgIpc) is 2.97. The van der Waals surface area contributed by atoms with Gasteiger partial charge in [-0.15, -0.1) is 0 Å². The van der Waals surface area contributed by atoms with Crippen LogP contribution in [-0.2, 0) is 6.54 Å². The molecule has 7 heteroatoms. The Morgan fingerprint density at radius 1 is 1.16 bits per heavy atom. The number of fused-ring (bicyclic) bond motifs is 1. The molecule has 3 N–H and O–H groups in total. The Balaban J connectivity index is 1.77. The maximum absolute atomic E-state index is 11.3. The largest absolute Gasteiger partial charge is 0.493 e. The number of imidazole rings is 1. The van der Waals surface area contributed by atoms with Crippen LogP contribution < -0.4 is 20.5 Å². The van der Waals surface area contributed by atoms with E-state index in [9.17, 15) is 4.79 Å². The number of nitrogens with one attached hydrogen (secondary N) is 3. The van der Waals surface area contributed by atoms with Crippen LogP contribution in [0.5, 0.6) is 11.5 Å². The highest BCUT2D eigenvalue weighted by molar-refractivity contribution is 6.32. The Labute approximate surface area is 150 Å². The van der Waals surface area contributed by atoms with Gasteiger partial charge in [-0.1, -0.05) is 18.5 Å². The Bertz CT molecular complexity index is 933. The number of H-pyrrole nitrogens is 2. The lowest BCUT2D eigenvalue weighted by atomic mass is 10.2. The molecule has 132 valence electrons. The SMILES string of the molecule is CCCOc1c(Cl)cc(CNc2ccc3[nH]c(=O)[nH]c3c2)cc1OC.